The molecule has 1 amide bonds. The molecule has 0 radical (unpaired) electrons. The van der Waals surface area contributed by atoms with Crippen LogP contribution in [0.3, 0.4) is 0 Å². The van der Waals surface area contributed by atoms with Crippen molar-refractivity contribution in [2.45, 2.75) is 44.9 Å². The van der Waals surface area contributed by atoms with E-state index in [0.29, 0.717) is 37.0 Å². The van der Waals surface area contributed by atoms with Gasteiger partial charge in [0, 0.05) is 19.8 Å². The van der Waals surface area contributed by atoms with E-state index >= 15 is 0 Å². The predicted molar refractivity (Wildman–Crippen MR) is 78.9 cm³/mol. The zero-order valence-corrected chi connectivity index (χ0v) is 12.3. The third-order valence-corrected chi connectivity index (χ3v) is 4.92. The fourth-order valence-corrected chi connectivity index (χ4v) is 3.40. The standard InChI is InChI=1S/C14H24N2O2S/c15-12(19)14(6-8-18-9-7-14)13(17)16-10-11-4-2-1-3-5-11/h11H,1-10H2,(H2,15,19)(H,16,17). The second-order valence-electron chi connectivity index (χ2n) is 5.77. The zero-order valence-electron chi connectivity index (χ0n) is 11.5. The van der Waals surface area contributed by atoms with Crippen LogP contribution < -0.4 is 11.1 Å². The molecule has 19 heavy (non-hydrogen) atoms. The van der Waals surface area contributed by atoms with Crippen molar-refractivity contribution in [2.24, 2.45) is 17.1 Å². The summed E-state index contributed by atoms with van der Waals surface area (Å²) in [5, 5.41) is 3.08. The summed E-state index contributed by atoms with van der Waals surface area (Å²) in [4.78, 5) is 12.8. The molecular weight excluding hydrogens is 260 g/mol. The van der Waals surface area contributed by atoms with Gasteiger partial charge >= 0.3 is 0 Å². The highest BCUT2D eigenvalue weighted by molar-refractivity contribution is 7.80. The molecule has 0 aromatic carbocycles. The lowest BCUT2D eigenvalue weighted by molar-refractivity contribution is -0.131. The van der Waals surface area contributed by atoms with Gasteiger partial charge in [0.15, 0.2) is 0 Å². The second kappa shape index (κ2) is 6.66. The second-order valence-corrected chi connectivity index (χ2v) is 6.21. The fraction of sp³-hybridized carbons (Fsp3) is 0.857. The van der Waals surface area contributed by atoms with Gasteiger partial charge in [0.05, 0.1) is 4.99 Å². The van der Waals surface area contributed by atoms with Gasteiger partial charge in [0.25, 0.3) is 0 Å². The third-order valence-electron chi connectivity index (χ3n) is 4.53. The number of thiocarbonyl (C=S) groups is 1. The molecule has 0 spiro atoms. The smallest absolute Gasteiger partial charge is 0.233 e. The van der Waals surface area contributed by atoms with E-state index in [1.807, 2.05) is 0 Å². The van der Waals surface area contributed by atoms with Crippen LogP contribution in [0.5, 0.6) is 0 Å². The minimum absolute atomic E-state index is 0.00822. The molecule has 3 N–H and O–H groups in total. The predicted octanol–water partition coefficient (Wildman–Crippen LogP) is 1.77. The topological polar surface area (TPSA) is 64.4 Å². The molecule has 108 valence electrons. The molecule has 1 heterocycles. The molecule has 0 atom stereocenters. The van der Waals surface area contributed by atoms with E-state index < -0.39 is 5.41 Å². The molecule has 1 aliphatic carbocycles. The Hall–Kier alpha value is -0.680. The largest absolute Gasteiger partial charge is 0.392 e. The maximum absolute atomic E-state index is 12.5. The monoisotopic (exact) mass is 284 g/mol. The molecular formula is C14H24N2O2S. The van der Waals surface area contributed by atoms with Crippen LogP contribution in [0.1, 0.15) is 44.9 Å². The molecule has 1 saturated heterocycles. The SMILES string of the molecule is NC(=S)C1(C(=O)NCC2CCCCC2)CCOCC1. The molecule has 5 heteroatoms. The molecule has 0 bridgehead atoms. The number of nitrogens with one attached hydrogen (secondary N) is 1. The van der Waals surface area contributed by atoms with Gasteiger partial charge in [-0.2, -0.15) is 0 Å². The summed E-state index contributed by atoms with van der Waals surface area (Å²) < 4.78 is 5.32. The summed E-state index contributed by atoms with van der Waals surface area (Å²) in [5.74, 6) is 0.634. The third kappa shape index (κ3) is 3.45. The van der Waals surface area contributed by atoms with Gasteiger partial charge in [-0.15, -0.1) is 0 Å². The Balaban J connectivity index is 1.90. The van der Waals surface area contributed by atoms with Crippen molar-refractivity contribution in [1.82, 2.24) is 5.32 Å². The average Bonchev–Trinajstić information content (AvgIpc) is 2.46. The molecule has 0 aromatic rings. The number of carbonyl (C=O) groups excluding carboxylic acids is 1. The number of nitrogens with two attached hydrogens (primary N) is 1. The summed E-state index contributed by atoms with van der Waals surface area (Å²) in [6, 6.07) is 0. The van der Waals surface area contributed by atoms with Crippen molar-refractivity contribution in [3.05, 3.63) is 0 Å². The summed E-state index contributed by atoms with van der Waals surface area (Å²) in [5.41, 5.74) is 5.15. The minimum atomic E-state index is -0.678. The van der Waals surface area contributed by atoms with Crippen LogP contribution in [-0.2, 0) is 9.53 Å². The van der Waals surface area contributed by atoms with Crippen LogP contribution >= 0.6 is 12.2 Å². The van der Waals surface area contributed by atoms with Crippen LogP contribution in [0.25, 0.3) is 0 Å². The van der Waals surface area contributed by atoms with E-state index in [2.05, 4.69) is 5.32 Å². The van der Waals surface area contributed by atoms with Crippen molar-refractivity contribution in [3.8, 4) is 0 Å². The Morgan fingerprint density at radius 1 is 1.26 bits per heavy atom. The Morgan fingerprint density at radius 2 is 1.89 bits per heavy atom. The number of amides is 1. The number of ether oxygens (including phenoxy) is 1. The van der Waals surface area contributed by atoms with Crippen molar-refractivity contribution in [1.29, 1.82) is 0 Å². The molecule has 2 aliphatic rings. The van der Waals surface area contributed by atoms with E-state index in [0.717, 1.165) is 6.54 Å². The summed E-state index contributed by atoms with van der Waals surface area (Å²) in [6.07, 6.45) is 7.58. The van der Waals surface area contributed by atoms with Gasteiger partial charge in [0.2, 0.25) is 5.91 Å². The minimum Gasteiger partial charge on any atom is -0.392 e. The highest BCUT2D eigenvalue weighted by atomic mass is 32.1. The van der Waals surface area contributed by atoms with Gasteiger partial charge in [-0.1, -0.05) is 31.5 Å². The maximum Gasteiger partial charge on any atom is 0.233 e. The zero-order chi connectivity index (χ0) is 13.7. The number of hydrogen-bond donors (Lipinski definition) is 2. The highest BCUT2D eigenvalue weighted by Crippen LogP contribution is 2.31. The van der Waals surface area contributed by atoms with Gasteiger partial charge in [-0.3, -0.25) is 4.79 Å². The first-order valence-electron chi connectivity index (χ1n) is 7.31. The molecule has 0 aromatic heterocycles. The van der Waals surface area contributed by atoms with Gasteiger partial charge in [-0.25, -0.2) is 0 Å². The first kappa shape index (κ1) is 14.7. The van der Waals surface area contributed by atoms with E-state index in [-0.39, 0.29) is 5.91 Å². The molecule has 4 nitrogen and oxygen atoms in total. The molecule has 2 rings (SSSR count). The van der Waals surface area contributed by atoms with Crippen molar-refractivity contribution < 1.29 is 9.53 Å². The average molecular weight is 284 g/mol. The van der Waals surface area contributed by atoms with E-state index in [4.69, 9.17) is 22.7 Å². The maximum atomic E-state index is 12.5. The van der Waals surface area contributed by atoms with Crippen molar-refractivity contribution >= 4 is 23.1 Å². The highest BCUT2D eigenvalue weighted by Gasteiger charge is 2.42. The molecule has 1 aliphatic heterocycles. The van der Waals surface area contributed by atoms with Crippen molar-refractivity contribution in [3.63, 3.8) is 0 Å². The van der Waals surface area contributed by atoms with Crippen LogP contribution in [0.15, 0.2) is 0 Å². The number of hydrogen-bond acceptors (Lipinski definition) is 3. The van der Waals surface area contributed by atoms with Gasteiger partial charge < -0.3 is 15.8 Å². The lowest BCUT2D eigenvalue weighted by Gasteiger charge is -2.35. The lowest BCUT2D eigenvalue weighted by atomic mass is 9.79. The van der Waals surface area contributed by atoms with E-state index in [1.165, 1.54) is 32.1 Å². The summed E-state index contributed by atoms with van der Waals surface area (Å²) in [7, 11) is 0. The normalized spacial score (nSPS) is 23.8. The molecule has 2 fully saturated rings. The Labute approximate surface area is 120 Å². The molecule has 0 unspecified atom stereocenters. The van der Waals surface area contributed by atoms with Gasteiger partial charge in [-0.05, 0) is 31.6 Å². The van der Waals surface area contributed by atoms with Crippen LogP contribution in [0.2, 0.25) is 0 Å². The number of rotatable bonds is 4. The first-order chi connectivity index (χ1) is 9.15. The van der Waals surface area contributed by atoms with Crippen LogP contribution in [0, 0.1) is 11.3 Å². The van der Waals surface area contributed by atoms with Crippen LogP contribution in [-0.4, -0.2) is 30.7 Å². The number of carbonyl (C=O) groups is 1. The fourth-order valence-electron chi connectivity index (χ4n) is 3.10. The van der Waals surface area contributed by atoms with E-state index in [9.17, 15) is 4.79 Å². The van der Waals surface area contributed by atoms with Crippen molar-refractivity contribution in [2.75, 3.05) is 19.8 Å². The molecule has 1 saturated carbocycles. The Kier molecular flexibility index (Phi) is 5.16. The van der Waals surface area contributed by atoms with E-state index in [1.54, 1.807) is 0 Å². The summed E-state index contributed by atoms with van der Waals surface area (Å²) in [6.45, 7) is 1.90. The first-order valence-corrected chi connectivity index (χ1v) is 7.72. The summed E-state index contributed by atoms with van der Waals surface area (Å²) >= 11 is 5.14. The van der Waals surface area contributed by atoms with Crippen LogP contribution in [0.4, 0.5) is 0 Å². The van der Waals surface area contributed by atoms with Gasteiger partial charge in [0.1, 0.15) is 5.41 Å². The quantitative estimate of drug-likeness (QED) is 0.772. The Morgan fingerprint density at radius 3 is 2.47 bits per heavy atom. The lowest BCUT2D eigenvalue weighted by Crippen LogP contribution is -2.52. The Bertz CT molecular complexity index is 334.